The molecule has 2 rings (SSSR count). The van der Waals surface area contributed by atoms with Gasteiger partial charge in [0, 0.05) is 12.1 Å². The van der Waals surface area contributed by atoms with Crippen LogP contribution in [0.1, 0.15) is 10.5 Å². The van der Waals surface area contributed by atoms with E-state index in [0.29, 0.717) is 12.1 Å². The van der Waals surface area contributed by atoms with Crippen molar-refractivity contribution in [3.63, 3.8) is 0 Å². The van der Waals surface area contributed by atoms with Crippen molar-refractivity contribution in [1.82, 2.24) is 10.2 Å². The van der Waals surface area contributed by atoms with Crippen LogP contribution in [0.15, 0.2) is 24.3 Å². The van der Waals surface area contributed by atoms with E-state index in [2.05, 4.69) is 15.5 Å². The molecule has 0 bridgehead atoms. The van der Waals surface area contributed by atoms with Crippen molar-refractivity contribution in [2.24, 2.45) is 0 Å². The van der Waals surface area contributed by atoms with Crippen molar-refractivity contribution >= 4 is 17.5 Å². The standard InChI is InChI=1S/C11H6F3N3O2/c12-5-3-6(13)10(7(14)4-5)15-9-2-1-8(11(18)19)16-17-9/h1-4H,(H,15,17)(H,18,19). The van der Waals surface area contributed by atoms with E-state index < -0.39 is 29.1 Å². The zero-order chi connectivity index (χ0) is 14.0. The molecule has 0 spiro atoms. The summed E-state index contributed by atoms with van der Waals surface area (Å²) >= 11 is 0. The van der Waals surface area contributed by atoms with Gasteiger partial charge in [-0.25, -0.2) is 18.0 Å². The number of carbonyl (C=O) groups is 1. The Morgan fingerprint density at radius 1 is 1.11 bits per heavy atom. The van der Waals surface area contributed by atoms with Gasteiger partial charge in [0.25, 0.3) is 0 Å². The largest absolute Gasteiger partial charge is 0.476 e. The number of hydrogen-bond acceptors (Lipinski definition) is 4. The molecule has 0 aliphatic rings. The first-order valence-corrected chi connectivity index (χ1v) is 4.96. The van der Waals surface area contributed by atoms with E-state index in [4.69, 9.17) is 5.11 Å². The minimum absolute atomic E-state index is 0.0746. The monoisotopic (exact) mass is 269 g/mol. The van der Waals surface area contributed by atoms with Crippen LogP contribution in [0, 0.1) is 17.5 Å². The van der Waals surface area contributed by atoms with Crippen molar-refractivity contribution < 1.29 is 23.1 Å². The summed E-state index contributed by atoms with van der Waals surface area (Å²) in [5, 5.41) is 17.6. The molecule has 0 radical (unpaired) electrons. The Labute approximate surface area is 104 Å². The predicted octanol–water partition coefficient (Wildman–Crippen LogP) is 2.34. The summed E-state index contributed by atoms with van der Waals surface area (Å²) in [5.41, 5.74) is -0.913. The van der Waals surface area contributed by atoms with Gasteiger partial charge in [-0.05, 0) is 12.1 Å². The van der Waals surface area contributed by atoms with Crippen LogP contribution >= 0.6 is 0 Å². The Morgan fingerprint density at radius 3 is 2.21 bits per heavy atom. The number of nitrogens with one attached hydrogen (secondary N) is 1. The van der Waals surface area contributed by atoms with Crippen LogP contribution in [0.5, 0.6) is 0 Å². The Kier molecular flexibility index (Phi) is 3.32. The van der Waals surface area contributed by atoms with E-state index in [9.17, 15) is 18.0 Å². The molecule has 0 aliphatic carbocycles. The second-order valence-corrected chi connectivity index (χ2v) is 3.48. The summed E-state index contributed by atoms with van der Waals surface area (Å²) < 4.78 is 39.3. The molecular weight excluding hydrogens is 263 g/mol. The maximum atomic E-state index is 13.3. The van der Waals surface area contributed by atoms with Crippen molar-refractivity contribution in [3.05, 3.63) is 47.4 Å². The number of carboxylic acid groups (broad SMARTS) is 1. The van der Waals surface area contributed by atoms with Crippen LogP contribution in [0.2, 0.25) is 0 Å². The predicted molar refractivity (Wildman–Crippen MR) is 58.6 cm³/mol. The second kappa shape index (κ2) is 4.92. The molecule has 2 N–H and O–H groups in total. The average Bonchev–Trinajstić information content (AvgIpc) is 2.34. The molecule has 8 heteroatoms. The number of nitrogens with zero attached hydrogens (tertiary/aromatic N) is 2. The van der Waals surface area contributed by atoms with Gasteiger partial charge in [-0.1, -0.05) is 0 Å². The fourth-order valence-corrected chi connectivity index (χ4v) is 1.30. The zero-order valence-corrected chi connectivity index (χ0v) is 9.19. The normalized spacial score (nSPS) is 10.3. The molecule has 0 atom stereocenters. The minimum atomic E-state index is -1.28. The van der Waals surface area contributed by atoms with Crippen LogP contribution in [0.3, 0.4) is 0 Å². The third-order valence-corrected chi connectivity index (χ3v) is 2.14. The molecule has 2 aromatic rings. The summed E-state index contributed by atoms with van der Waals surface area (Å²) in [5.74, 6) is -4.68. The Morgan fingerprint density at radius 2 is 1.74 bits per heavy atom. The number of hydrogen-bond donors (Lipinski definition) is 2. The average molecular weight is 269 g/mol. The molecule has 0 unspecified atom stereocenters. The maximum absolute atomic E-state index is 13.3. The van der Waals surface area contributed by atoms with Gasteiger partial charge in [0.05, 0.1) is 0 Å². The molecule has 0 saturated heterocycles. The highest BCUT2D eigenvalue weighted by atomic mass is 19.1. The van der Waals surface area contributed by atoms with Crippen molar-refractivity contribution in [2.75, 3.05) is 5.32 Å². The summed E-state index contributed by atoms with van der Waals surface area (Å²) in [6, 6.07) is 3.30. The molecule has 0 aliphatic heterocycles. The molecule has 5 nitrogen and oxygen atoms in total. The van der Waals surface area contributed by atoms with E-state index in [-0.39, 0.29) is 11.5 Å². The van der Waals surface area contributed by atoms with Gasteiger partial charge in [0.1, 0.15) is 11.5 Å². The quantitative estimate of drug-likeness (QED) is 0.894. The zero-order valence-electron chi connectivity index (χ0n) is 9.19. The second-order valence-electron chi connectivity index (χ2n) is 3.48. The van der Waals surface area contributed by atoms with Crippen LogP contribution < -0.4 is 5.32 Å². The van der Waals surface area contributed by atoms with Gasteiger partial charge < -0.3 is 10.4 Å². The highest BCUT2D eigenvalue weighted by Crippen LogP contribution is 2.23. The molecule has 0 fully saturated rings. The molecule has 0 amide bonds. The maximum Gasteiger partial charge on any atom is 0.356 e. The number of carboxylic acids is 1. The Bertz CT molecular complexity index is 609. The number of anilines is 2. The summed E-state index contributed by atoms with van der Waals surface area (Å²) in [6.07, 6.45) is 0. The Balaban J connectivity index is 2.29. The number of aromatic carboxylic acids is 1. The van der Waals surface area contributed by atoms with Gasteiger partial charge >= 0.3 is 5.97 Å². The number of halogens is 3. The number of aromatic nitrogens is 2. The molecular formula is C11H6F3N3O2. The number of rotatable bonds is 3. The summed E-state index contributed by atoms with van der Waals surface area (Å²) in [7, 11) is 0. The first kappa shape index (κ1) is 12.8. The highest BCUT2D eigenvalue weighted by molar-refractivity contribution is 5.85. The van der Waals surface area contributed by atoms with Gasteiger partial charge in [0.15, 0.2) is 23.1 Å². The van der Waals surface area contributed by atoms with Gasteiger partial charge in [0.2, 0.25) is 0 Å². The third-order valence-electron chi connectivity index (χ3n) is 2.14. The van der Waals surface area contributed by atoms with E-state index >= 15 is 0 Å². The van der Waals surface area contributed by atoms with Crippen LogP contribution in [-0.4, -0.2) is 21.3 Å². The first-order valence-electron chi connectivity index (χ1n) is 4.96. The molecule has 1 aromatic heterocycles. The lowest BCUT2D eigenvalue weighted by Crippen LogP contribution is -2.05. The summed E-state index contributed by atoms with van der Waals surface area (Å²) in [6.45, 7) is 0. The highest BCUT2D eigenvalue weighted by Gasteiger charge is 2.13. The minimum Gasteiger partial charge on any atom is -0.476 e. The molecule has 19 heavy (non-hydrogen) atoms. The van der Waals surface area contributed by atoms with Gasteiger partial charge in [-0.3, -0.25) is 0 Å². The van der Waals surface area contributed by atoms with E-state index in [1.807, 2.05) is 0 Å². The fraction of sp³-hybridized carbons (Fsp3) is 0. The van der Waals surface area contributed by atoms with Gasteiger partial charge in [-0.2, -0.15) is 0 Å². The van der Waals surface area contributed by atoms with Crippen LogP contribution in [0.4, 0.5) is 24.7 Å². The lowest BCUT2D eigenvalue weighted by molar-refractivity contribution is 0.0689. The lowest BCUT2D eigenvalue weighted by Gasteiger charge is -2.07. The van der Waals surface area contributed by atoms with Crippen LogP contribution in [-0.2, 0) is 0 Å². The van der Waals surface area contributed by atoms with E-state index in [0.717, 1.165) is 6.07 Å². The molecule has 1 heterocycles. The molecule has 0 saturated carbocycles. The van der Waals surface area contributed by atoms with Crippen molar-refractivity contribution in [1.29, 1.82) is 0 Å². The number of benzene rings is 1. The SMILES string of the molecule is O=C(O)c1ccc(Nc2c(F)cc(F)cc2F)nn1. The third kappa shape index (κ3) is 2.79. The lowest BCUT2D eigenvalue weighted by atomic mass is 10.2. The van der Waals surface area contributed by atoms with Gasteiger partial charge in [-0.15, -0.1) is 10.2 Å². The summed E-state index contributed by atoms with van der Waals surface area (Å²) in [4.78, 5) is 10.5. The topological polar surface area (TPSA) is 75.1 Å². The Hall–Kier alpha value is -2.64. The van der Waals surface area contributed by atoms with E-state index in [1.54, 1.807) is 0 Å². The first-order chi connectivity index (χ1) is 8.97. The van der Waals surface area contributed by atoms with Crippen molar-refractivity contribution in [3.8, 4) is 0 Å². The van der Waals surface area contributed by atoms with Crippen LogP contribution in [0.25, 0.3) is 0 Å². The molecule has 1 aromatic carbocycles. The smallest absolute Gasteiger partial charge is 0.356 e. The van der Waals surface area contributed by atoms with E-state index in [1.165, 1.54) is 6.07 Å². The molecule has 98 valence electrons. The van der Waals surface area contributed by atoms with Crippen molar-refractivity contribution in [2.45, 2.75) is 0 Å². The fourth-order valence-electron chi connectivity index (χ4n) is 1.30.